The van der Waals surface area contributed by atoms with E-state index in [9.17, 15) is 8.78 Å². The molecule has 7 heteroatoms. The van der Waals surface area contributed by atoms with Crippen molar-refractivity contribution in [2.45, 2.75) is 19.8 Å². The van der Waals surface area contributed by atoms with E-state index in [1.54, 1.807) is 11.8 Å². The fourth-order valence-corrected chi connectivity index (χ4v) is 2.21. The van der Waals surface area contributed by atoms with Gasteiger partial charge in [0.15, 0.2) is 5.96 Å². The summed E-state index contributed by atoms with van der Waals surface area (Å²) in [5.41, 5.74) is 0.376. The van der Waals surface area contributed by atoms with Gasteiger partial charge in [-0.05, 0) is 55.5 Å². The van der Waals surface area contributed by atoms with Crippen molar-refractivity contribution in [1.29, 1.82) is 0 Å². The summed E-state index contributed by atoms with van der Waals surface area (Å²) in [5.74, 6) is 1.01. The van der Waals surface area contributed by atoms with E-state index in [4.69, 9.17) is 0 Å². The molecule has 0 fully saturated rings. The summed E-state index contributed by atoms with van der Waals surface area (Å²) in [6, 6.07) is 3.52. The van der Waals surface area contributed by atoms with Gasteiger partial charge in [-0.2, -0.15) is 11.8 Å². The number of thioether (sulfide) groups is 1. The molecule has 2 N–H and O–H groups in total. The minimum absolute atomic E-state index is 0. The number of guanidine groups is 1. The van der Waals surface area contributed by atoms with Crippen molar-refractivity contribution < 1.29 is 8.78 Å². The Balaban J connectivity index is 0.00000441. The van der Waals surface area contributed by atoms with Crippen LogP contribution in [-0.4, -0.2) is 37.6 Å². The zero-order valence-corrected chi connectivity index (χ0v) is 16.1. The molecule has 22 heavy (non-hydrogen) atoms. The molecule has 1 aromatic carbocycles. The van der Waals surface area contributed by atoms with Gasteiger partial charge in [0.1, 0.15) is 11.6 Å². The normalized spacial score (nSPS) is 11.0. The van der Waals surface area contributed by atoms with Gasteiger partial charge in [-0.3, -0.25) is 4.99 Å². The maximum Gasteiger partial charge on any atom is 0.191 e. The maximum absolute atomic E-state index is 13.5. The molecule has 0 saturated heterocycles. The summed E-state index contributed by atoms with van der Waals surface area (Å²) < 4.78 is 26.6. The van der Waals surface area contributed by atoms with E-state index < -0.39 is 5.82 Å². The van der Waals surface area contributed by atoms with Crippen molar-refractivity contribution in [3.8, 4) is 0 Å². The fourth-order valence-electron chi connectivity index (χ4n) is 1.79. The number of rotatable bonds is 8. The van der Waals surface area contributed by atoms with E-state index in [0.29, 0.717) is 18.5 Å². The van der Waals surface area contributed by atoms with Crippen molar-refractivity contribution in [2.24, 2.45) is 4.99 Å². The molecule has 0 atom stereocenters. The van der Waals surface area contributed by atoms with E-state index in [2.05, 4.69) is 21.9 Å². The maximum atomic E-state index is 13.5. The van der Waals surface area contributed by atoms with E-state index in [0.717, 1.165) is 43.4 Å². The van der Waals surface area contributed by atoms with Gasteiger partial charge in [0.05, 0.1) is 0 Å². The Hall–Kier alpha value is -0.570. The first-order chi connectivity index (χ1) is 10.2. The molecular formula is C15H24F2IN3S. The SMILES string of the molecule is CCNC(=NCCCSC)NCCc1cc(F)ccc1F.I. The van der Waals surface area contributed by atoms with E-state index in [-0.39, 0.29) is 29.8 Å². The van der Waals surface area contributed by atoms with Gasteiger partial charge >= 0.3 is 0 Å². The second kappa shape index (κ2) is 12.9. The lowest BCUT2D eigenvalue weighted by Crippen LogP contribution is -2.38. The predicted molar refractivity (Wildman–Crippen MR) is 102 cm³/mol. The van der Waals surface area contributed by atoms with Crippen molar-refractivity contribution in [3.05, 3.63) is 35.4 Å². The topological polar surface area (TPSA) is 36.4 Å². The first kappa shape index (κ1) is 21.4. The number of benzene rings is 1. The second-order valence-electron chi connectivity index (χ2n) is 4.52. The van der Waals surface area contributed by atoms with Gasteiger partial charge in [-0.25, -0.2) is 8.78 Å². The Labute approximate surface area is 152 Å². The lowest BCUT2D eigenvalue weighted by Gasteiger charge is -2.11. The molecule has 1 aromatic rings. The lowest BCUT2D eigenvalue weighted by atomic mass is 10.1. The van der Waals surface area contributed by atoms with Crippen molar-refractivity contribution in [1.82, 2.24) is 10.6 Å². The zero-order chi connectivity index (χ0) is 15.5. The van der Waals surface area contributed by atoms with Gasteiger partial charge in [-0.1, -0.05) is 0 Å². The Morgan fingerprint density at radius 1 is 1.27 bits per heavy atom. The quantitative estimate of drug-likeness (QED) is 0.280. The molecule has 0 unspecified atom stereocenters. The van der Waals surface area contributed by atoms with E-state index in [1.165, 1.54) is 6.07 Å². The highest BCUT2D eigenvalue weighted by atomic mass is 127. The van der Waals surface area contributed by atoms with Crippen LogP contribution in [0.4, 0.5) is 8.78 Å². The highest BCUT2D eigenvalue weighted by Gasteiger charge is 2.04. The Morgan fingerprint density at radius 2 is 2.05 bits per heavy atom. The minimum atomic E-state index is -0.413. The van der Waals surface area contributed by atoms with E-state index >= 15 is 0 Å². The Kier molecular flexibility index (Phi) is 12.6. The van der Waals surface area contributed by atoms with Crippen LogP contribution >= 0.6 is 35.7 Å². The first-order valence-electron chi connectivity index (χ1n) is 7.12. The molecule has 126 valence electrons. The third kappa shape index (κ3) is 8.77. The van der Waals surface area contributed by atoms with Crippen LogP contribution in [0.15, 0.2) is 23.2 Å². The molecule has 0 amide bonds. The highest BCUT2D eigenvalue weighted by molar-refractivity contribution is 14.0. The molecule has 3 nitrogen and oxygen atoms in total. The predicted octanol–water partition coefficient (Wildman–Crippen LogP) is 3.43. The number of nitrogens with zero attached hydrogens (tertiary/aromatic N) is 1. The van der Waals surface area contributed by atoms with E-state index in [1.807, 2.05) is 6.92 Å². The minimum Gasteiger partial charge on any atom is -0.357 e. The van der Waals surface area contributed by atoms with Crippen LogP contribution in [0.3, 0.4) is 0 Å². The summed E-state index contributed by atoms with van der Waals surface area (Å²) >= 11 is 1.80. The van der Waals surface area contributed by atoms with Crippen LogP contribution in [0, 0.1) is 11.6 Å². The number of hydrogen-bond acceptors (Lipinski definition) is 2. The summed E-state index contributed by atoms with van der Waals surface area (Å²) in [5, 5.41) is 6.27. The van der Waals surface area contributed by atoms with Crippen LogP contribution in [0.5, 0.6) is 0 Å². The number of nitrogens with one attached hydrogen (secondary N) is 2. The summed E-state index contributed by atoms with van der Waals surface area (Å²) in [6.07, 6.45) is 3.51. The summed E-state index contributed by atoms with van der Waals surface area (Å²) in [6.45, 7) is 4.02. The molecule has 0 spiro atoms. The third-order valence-corrected chi connectivity index (χ3v) is 3.51. The monoisotopic (exact) mass is 443 g/mol. The number of aliphatic imine (C=N–C) groups is 1. The molecule has 1 rings (SSSR count). The molecule has 0 aromatic heterocycles. The van der Waals surface area contributed by atoms with Crippen molar-refractivity contribution >= 4 is 41.7 Å². The fraction of sp³-hybridized carbons (Fsp3) is 0.533. The van der Waals surface area contributed by atoms with Crippen LogP contribution in [-0.2, 0) is 6.42 Å². The molecule has 0 aliphatic rings. The van der Waals surface area contributed by atoms with Crippen LogP contribution < -0.4 is 10.6 Å². The average Bonchev–Trinajstić information content (AvgIpc) is 2.47. The number of hydrogen-bond donors (Lipinski definition) is 2. The zero-order valence-electron chi connectivity index (χ0n) is 13.0. The Morgan fingerprint density at radius 3 is 2.73 bits per heavy atom. The second-order valence-corrected chi connectivity index (χ2v) is 5.51. The van der Waals surface area contributed by atoms with Gasteiger partial charge in [0.2, 0.25) is 0 Å². The molecule has 0 saturated carbocycles. The van der Waals surface area contributed by atoms with Gasteiger partial charge in [0, 0.05) is 19.6 Å². The van der Waals surface area contributed by atoms with Gasteiger partial charge in [0.25, 0.3) is 0 Å². The summed E-state index contributed by atoms with van der Waals surface area (Å²) in [7, 11) is 0. The number of halogens is 3. The van der Waals surface area contributed by atoms with Gasteiger partial charge < -0.3 is 10.6 Å². The smallest absolute Gasteiger partial charge is 0.191 e. The van der Waals surface area contributed by atoms with Gasteiger partial charge in [-0.15, -0.1) is 24.0 Å². The first-order valence-corrected chi connectivity index (χ1v) is 8.51. The molecule has 0 bridgehead atoms. The average molecular weight is 443 g/mol. The van der Waals surface area contributed by atoms with Crippen molar-refractivity contribution in [2.75, 3.05) is 31.6 Å². The lowest BCUT2D eigenvalue weighted by molar-refractivity contribution is 0.583. The van der Waals surface area contributed by atoms with Crippen LogP contribution in [0.25, 0.3) is 0 Å². The summed E-state index contributed by atoms with van der Waals surface area (Å²) in [4.78, 5) is 4.44. The molecule has 0 aliphatic carbocycles. The third-order valence-electron chi connectivity index (χ3n) is 2.82. The van der Waals surface area contributed by atoms with Crippen LogP contribution in [0.2, 0.25) is 0 Å². The molecule has 0 aliphatic heterocycles. The molecule has 0 heterocycles. The van der Waals surface area contributed by atoms with Crippen LogP contribution in [0.1, 0.15) is 18.9 Å². The largest absolute Gasteiger partial charge is 0.357 e. The highest BCUT2D eigenvalue weighted by Crippen LogP contribution is 2.09. The van der Waals surface area contributed by atoms with Crippen molar-refractivity contribution in [3.63, 3.8) is 0 Å². The Bertz CT molecular complexity index is 458. The standard InChI is InChI=1S/C15H23F2N3S.HI/c1-3-18-15(19-8-4-10-21-2)20-9-7-12-11-13(16)5-6-14(12)17;/h5-6,11H,3-4,7-10H2,1-2H3,(H2,18,19,20);1H. The molecule has 0 radical (unpaired) electrons. The molecular weight excluding hydrogens is 419 g/mol.